The highest BCUT2D eigenvalue weighted by Gasteiger charge is 2.74. The average molecular weight is 538 g/mol. The Morgan fingerprint density at radius 2 is 2.00 bits per heavy atom. The molecule has 82 valence electrons. The Bertz CT molecular complexity index is 367. The van der Waals surface area contributed by atoms with Gasteiger partial charge in [-0.25, -0.2) is 0 Å². The van der Waals surface area contributed by atoms with E-state index in [9.17, 15) is 0 Å². The van der Waals surface area contributed by atoms with Gasteiger partial charge in [0.2, 0.25) is 0 Å². The molecule has 0 aromatic heterocycles. The molecule has 4 bridgehead atoms. The second-order valence-corrected chi connectivity index (χ2v) is 12.8. The van der Waals surface area contributed by atoms with E-state index in [1.165, 1.54) is 25.7 Å². The quantitative estimate of drug-likeness (QED) is 0.258. The molecule has 0 radical (unpaired) electrons. The fourth-order valence-electron chi connectivity index (χ4n) is 4.86. The van der Waals surface area contributed by atoms with Gasteiger partial charge in [0.15, 0.2) is 0 Å². The van der Waals surface area contributed by atoms with Crippen LogP contribution in [0.25, 0.3) is 0 Å². The van der Waals surface area contributed by atoms with Crippen LogP contribution in [0, 0.1) is 23.2 Å². The van der Waals surface area contributed by atoms with E-state index in [1.807, 2.05) is 5.57 Å². The molecule has 0 aliphatic heterocycles. The molecule has 3 atom stereocenters. The molecule has 3 fully saturated rings. The zero-order valence-electron chi connectivity index (χ0n) is 8.35. The van der Waals surface area contributed by atoms with Gasteiger partial charge in [-0.05, 0) is 48.9 Å². The van der Waals surface area contributed by atoms with Gasteiger partial charge in [0.1, 0.15) is 0 Å². The highest BCUT2D eigenvalue weighted by Crippen LogP contribution is 2.80. The van der Waals surface area contributed by atoms with Gasteiger partial charge in [-0.1, -0.05) is 79.4 Å². The Hall–Kier alpha value is 1.93. The van der Waals surface area contributed by atoms with Crippen LogP contribution in [-0.4, -0.2) is 5.35 Å². The van der Waals surface area contributed by atoms with Gasteiger partial charge in [0, 0.05) is 3.42 Å². The standard InChI is InChI=1S/C12H13I3/c13-10(14)7-3-11(4-7)9-2-8-1-6(9)5-12(8,11)15/h2,6-7,9-10H,1,3-5H2. The molecule has 3 unspecified atom stereocenters. The second-order valence-electron chi connectivity index (χ2n) is 5.85. The molecule has 3 heteroatoms. The Balaban J connectivity index is 1.68. The van der Waals surface area contributed by atoms with Crippen LogP contribution in [-0.2, 0) is 0 Å². The summed E-state index contributed by atoms with van der Waals surface area (Å²) in [5.41, 5.74) is 2.58. The van der Waals surface area contributed by atoms with E-state index in [0.717, 1.165) is 25.1 Å². The molecule has 0 nitrogen and oxygen atoms in total. The van der Waals surface area contributed by atoms with Gasteiger partial charge in [0.25, 0.3) is 0 Å². The van der Waals surface area contributed by atoms with Crippen molar-refractivity contribution in [3.05, 3.63) is 11.6 Å². The minimum Gasteiger partial charge on any atom is -0.0799 e. The molecule has 0 aromatic rings. The number of alkyl halides is 3. The third-order valence-electron chi connectivity index (χ3n) is 5.46. The van der Waals surface area contributed by atoms with Crippen LogP contribution in [0.3, 0.4) is 0 Å². The summed E-state index contributed by atoms with van der Waals surface area (Å²) in [6.45, 7) is 0. The van der Waals surface area contributed by atoms with Crippen molar-refractivity contribution in [2.45, 2.75) is 31.0 Å². The van der Waals surface area contributed by atoms with Crippen LogP contribution in [0.4, 0.5) is 0 Å². The zero-order valence-corrected chi connectivity index (χ0v) is 14.8. The predicted octanol–water partition coefficient (Wildman–Crippen LogP) is 4.73. The summed E-state index contributed by atoms with van der Waals surface area (Å²) in [5.74, 6) is 3.05. The lowest BCUT2D eigenvalue weighted by Crippen LogP contribution is -2.51. The molecule has 0 amide bonds. The highest BCUT2D eigenvalue weighted by molar-refractivity contribution is 14.2. The molecule has 5 aliphatic rings. The Kier molecular flexibility index (Phi) is 2.22. The lowest BCUT2D eigenvalue weighted by molar-refractivity contribution is 0.0272. The first-order chi connectivity index (χ1) is 7.07. The smallest absolute Gasteiger partial charge is 0.0655 e. The van der Waals surface area contributed by atoms with E-state index in [1.54, 1.807) is 0 Å². The first-order valence-electron chi connectivity index (χ1n) is 5.75. The maximum Gasteiger partial charge on any atom is 0.0655 e. The van der Waals surface area contributed by atoms with Gasteiger partial charge in [-0.15, -0.1) is 0 Å². The maximum absolute atomic E-state index is 2.83. The SMILES string of the molecule is IC(I)C1CC2(C1)C1C=C3CC1CC32I. The van der Waals surface area contributed by atoms with E-state index in [0.29, 0.717) is 3.42 Å². The molecule has 5 rings (SSSR count). The van der Waals surface area contributed by atoms with E-state index in [-0.39, 0.29) is 0 Å². The van der Waals surface area contributed by atoms with Gasteiger partial charge >= 0.3 is 0 Å². The fourth-order valence-corrected chi connectivity index (χ4v) is 7.65. The third kappa shape index (κ3) is 1.06. The van der Waals surface area contributed by atoms with Crippen molar-refractivity contribution in [3.63, 3.8) is 0 Å². The van der Waals surface area contributed by atoms with E-state index in [4.69, 9.17) is 0 Å². The lowest BCUT2D eigenvalue weighted by atomic mass is 9.54. The lowest BCUT2D eigenvalue weighted by Gasteiger charge is -2.55. The van der Waals surface area contributed by atoms with Crippen molar-refractivity contribution in [1.29, 1.82) is 0 Å². The Morgan fingerprint density at radius 1 is 1.27 bits per heavy atom. The summed E-state index contributed by atoms with van der Waals surface area (Å²) in [5, 5.41) is 0. The molecule has 0 aromatic carbocycles. The van der Waals surface area contributed by atoms with Crippen LogP contribution < -0.4 is 0 Å². The van der Waals surface area contributed by atoms with E-state index in [2.05, 4.69) is 73.8 Å². The van der Waals surface area contributed by atoms with Crippen molar-refractivity contribution in [2.24, 2.45) is 23.2 Å². The molecule has 0 N–H and O–H groups in total. The first-order valence-corrected chi connectivity index (χ1v) is 9.32. The molecular formula is C12H13I3. The number of allylic oxidation sites excluding steroid dienone is 2. The first kappa shape index (κ1) is 10.8. The molecule has 5 aliphatic carbocycles. The summed E-state index contributed by atoms with van der Waals surface area (Å²) in [4.78, 5) is 0. The van der Waals surface area contributed by atoms with Gasteiger partial charge < -0.3 is 0 Å². The number of rotatable bonds is 1. The van der Waals surface area contributed by atoms with Crippen LogP contribution in [0.5, 0.6) is 0 Å². The van der Waals surface area contributed by atoms with Crippen LogP contribution in [0.1, 0.15) is 25.7 Å². The van der Waals surface area contributed by atoms with Crippen LogP contribution >= 0.6 is 67.8 Å². The summed E-state index contributed by atoms with van der Waals surface area (Å²) in [6.07, 6.45) is 8.69. The van der Waals surface area contributed by atoms with Crippen molar-refractivity contribution < 1.29 is 0 Å². The molecule has 15 heavy (non-hydrogen) atoms. The third-order valence-corrected chi connectivity index (χ3v) is 9.70. The van der Waals surface area contributed by atoms with E-state index >= 15 is 0 Å². The van der Waals surface area contributed by atoms with Gasteiger partial charge in [-0.2, -0.15) is 0 Å². The topological polar surface area (TPSA) is 0 Å². The zero-order chi connectivity index (χ0) is 10.4. The summed E-state index contributed by atoms with van der Waals surface area (Å²) in [6, 6.07) is 0. The molecule has 3 saturated carbocycles. The second kappa shape index (κ2) is 3.08. The van der Waals surface area contributed by atoms with Crippen molar-refractivity contribution >= 4 is 67.8 Å². The maximum atomic E-state index is 2.83. The molecule has 0 heterocycles. The average Bonchev–Trinajstić information content (AvgIpc) is 2.67. The Morgan fingerprint density at radius 3 is 2.40 bits per heavy atom. The van der Waals surface area contributed by atoms with Crippen molar-refractivity contribution in [1.82, 2.24) is 0 Å². The molecule has 0 saturated heterocycles. The van der Waals surface area contributed by atoms with E-state index < -0.39 is 0 Å². The van der Waals surface area contributed by atoms with Gasteiger partial charge in [0.05, 0.1) is 1.93 Å². The minimum absolute atomic E-state index is 0.624. The summed E-state index contributed by atoms with van der Waals surface area (Å²) >= 11 is 8.05. The van der Waals surface area contributed by atoms with Crippen molar-refractivity contribution in [2.75, 3.05) is 0 Å². The molecular weight excluding hydrogens is 525 g/mol. The van der Waals surface area contributed by atoms with Crippen molar-refractivity contribution in [3.8, 4) is 0 Å². The minimum atomic E-state index is 0.624. The summed E-state index contributed by atoms with van der Waals surface area (Å²) in [7, 11) is 0. The van der Waals surface area contributed by atoms with Crippen LogP contribution in [0.15, 0.2) is 11.6 Å². The number of hydrogen-bond acceptors (Lipinski definition) is 0. The summed E-state index contributed by atoms with van der Waals surface area (Å²) < 4.78 is 1.48. The monoisotopic (exact) mass is 538 g/mol. The van der Waals surface area contributed by atoms with Crippen LogP contribution in [0.2, 0.25) is 0 Å². The number of halogens is 3. The normalized spacial score (nSPS) is 59.5. The fraction of sp³-hybridized carbons (Fsp3) is 0.833. The largest absolute Gasteiger partial charge is 0.0799 e. The molecule has 1 spiro atoms. The van der Waals surface area contributed by atoms with Gasteiger partial charge in [-0.3, -0.25) is 0 Å². The Labute approximate surface area is 132 Å². The number of hydrogen-bond donors (Lipinski definition) is 0. The highest BCUT2D eigenvalue weighted by atomic mass is 127. The predicted molar refractivity (Wildman–Crippen MR) is 88.0 cm³/mol.